The van der Waals surface area contributed by atoms with Crippen LogP contribution in [-0.2, 0) is 0 Å². The van der Waals surface area contributed by atoms with Crippen LogP contribution >= 0.6 is 0 Å². The van der Waals surface area contributed by atoms with Crippen molar-refractivity contribution in [3.63, 3.8) is 0 Å². The van der Waals surface area contributed by atoms with Crippen LogP contribution < -0.4 is 15.4 Å². The lowest BCUT2D eigenvalue weighted by Gasteiger charge is -2.12. The fourth-order valence-corrected chi connectivity index (χ4v) is 2.45. The summed E-state index contributed by atoms with van der Waals surface area (Å²) in [5, 5.41) is 5.66. The van der Waals surface area contributed by atoms with Gasteiger partial charge in [-0.15, -0.1) is 0 Å². The summed E-state index contributed by atoms with van der Waals surface area (Å²) in [5.41, 5.74) is 2.80. The van der Waals surface area contributed by atoms with Crippen LogP contribution in [0.15, 0.2) is 54.7 Å². The fourth-order valence-electron chi connectivity index (χ4n) is 2.45. The summed E-state index contributed by atoms with van der Waals surface area (Å²) in [6.45, 7) is 1.97. The molecule has 0 atom stereocenters. The molecule has 0 aliphatic carbocycles. The maximum Gasteiger partial charge on any atom is 0.274 e. The van der Waals surface area contributed by atoms with Crippen LogP contribution in [-0.4, -0.2) is 18.0 Å². The smallest absolute Gasteiger partial charge is 0.274 e. The van der Waals surface area contributed by atoms with E-state index in [0.717, 1.165) is 23.4 Å². The highest BCUT2D eigenvalue weighted by atomic mass is 19.2. The molecule has 0 saturated carbocycles. The Morgan fingerprint density at radius 3 is 2.44 bits per heavy atom. The second-order valence-electron chi connectivity index (χ2n) is 5.84. The van der Waals surface area contributed by atoms with Gasteiger partial charge in [0.25, 0.3) is 5.91 Å². The van der Waals surface area contributed by atoms with Gasteiger partial charge in [-0.1, -0.05) is 6.07 Å². The fraction of sp³-hybridized carbons (Fsp3) is 0.100. The van der Waals surface area contributed by atoms with Crippen LogP contribution in [0.3, 0.4) is 0 Å². The Morgan fingerprint density at radius 1 is 1.00 bits per heavy atom. The zero-order valence-electron chi connectivity index (χ0n) is 14.7. The number of aryl methyl sites for hydroxylation is 1. The number of methoxy groups -OCH3 is 1. The number of ether oxygens (including phenoxy) is 1. The molecule has 2 aromatic carbocycles. The molecule has 3 rings (SSSR count). The van der Waals surface area contributed by atoms with Gasteiger partial charge >= 0.3 is 0 Å². The molecule has 3 aromatic rings. The summed E-state index contributed by atoms with van der Waals surface area (Å²) in [6, 6.07) is 12.1. The van der Waals surface area contributed by atoms with Gasteiger partial charge < -0.3 is 15.4 Å². The summed E-state index contributed by atoms with van der Waals surface area (Å²) in [7, 11) is 1.58. The van der Waals surface area contributed by atoms with Crippen molar-refractivity contribution in [2.24, 2.45) is 0 Å². The molecule has 0 radical (unpaired) electrons. The molecule has 1 aromatic heterocycles. The number of amides is 1. The standard InChI is InChI=1S/C20H17F2N3O2/c1-12-3-8-19(27-2)18(9-12)24-14-5-7-17(23-11-14)20(26)25-13-4-6-15(21)16(22)10-13/h3-11,24H,1-2H3,(H,25,26). The quantitative estimate of drug-likeness (QED) is 0.686. The number of nitrogens with one attached hydrogen (secondary N) is 2. The van der Waals surface area contributed by atoms with Gasteiger partial charge in [-0.05, 0) is 48.9 Å². The molecule has 1 amide bonds. The van der Waals surface area contributed by atoms with Gasteiger partial charge in [0, 0.05) is 11.8 Å². The summed E-state index contributed by atoms with van der Waals surface area (Å²) in [5.74, 6) is -1.86. The minimum Gasteiger partial charge on any atom is -0.495 e. The SMILES string of the molecule is COc1ccc(C)cc1Nc1ccc(C(=O)Nc2ccc(F)c(F)c2)nc1. The summed E-state index contributed by atoms with van der Waals surface area (Å²) >= 11 is 0. The lowest BCUT2D eigenvalue weighted by atomic mass is 10.2. The minimum absolute atomic E-state index is 0.140. The number of carbonyl (C=O) groups excluding carboxylic acids is 1. The third-order valence-corrected chi connectivity index (χ3v) is 3.81. The van der Waals surface area contributed by atoms with E-state index in [1.165, 1.54) is 18.3 Å². The molecular weight excluding hydrogens is 352 g/mol. The Bertz CT molecular complexity index is 975. The Morgan fingerprint density at radius 2 is 1.78 bits per heavy atom. The molecule has 0 spiro atoms. The van der Waals surface area contributed by atoms with Crippen LogP contribution in [0.25, 0.3) is 0 Å². The zero-order valence-corrected chi connectivity index (χ0v) is 14.7. The number of hydrogen-bond donors (Lipinski definition) is 2. The number of nitrogens with zero attached hydrogens (tertiary/aromatic N) is 1. The Balaban J connectivity index is 1.72. The molecule has 138 valence electrons. The lowest BCUT2D eigenvalue weighted by Crippen LogP contribution is -2.13. The highest BCUT2D eigenvalue weighted by Gasteiger charge is 2.10. The van der Waals surface area contributed by atoms with Crippen LogP contribution in [0, 0.1) is 18.6 Å². The van der Waals surface area contributed by atoms with Gasteiger partial charge in [-0.2, -0.15) is 0 Å². The van der Waals surface area contributed by atoms with Crippen molar-refractivity contribution >= 4 is 23.0 Å². The van der Waals surface area contributed by atoms with E-state index in [1.54, 1.807) is 13.2 Å². The van der Waals surface area contributed by atoms with Crippen molar-refractivity contribution in [1.82, 2.24) is 4.98 Å². The van der Waals surface area contributed by atoms with Crippen molar-refractivity contribution < 1.29 is 18.3 Å². The van der Waals surface area contributed by atoms with E-state index in [4.69, 9.17) is 4.74 Å². The average molecular weight is 369 g/mol. The lowest BCUT2D eigenvalue weighted by molar-refractivity contribution is 0.102. The third-order valence-electron chi connectivity index (χ3n) is 3.81. The van der Waals surface area contributed by atoms with Gasteiger partial charge in [0.2, 0.25) is 0 Å². The van der Waals surface area contributed by atoms with Crippen LogP contribution in [0.4, 0.5) is 25.8 Å². The first kappa shape index (κ1) is 18.3. The highest BCUT2D eigenvalue weighted by Crippen LogP contribution is 2.28. The Kier molecular flexibility index (Phi) is 5.30. The summed E-state index contributed by atoms with van der Waals surface area (Å²) < 4.78 is 31.5. The molecule has 0 saturated heterocycles. The average Bonchev–Trinajstić information content (AvgIpc) is 2.65. The molecule has 27 heavy (non-hydrogen) atoms. The van der Waals surface area contributed by atoms with E-state index in [2.05, 4.69) is 15.6 Å². The third kappa shape index (κ3) is 4.38. The minimum atomic E-state index is -1.03. The van der Waals surface area contributed by atoms with Gasteiger partial charge in [0.05, 0.1) is 24.7 Å². The number of anilines is 3. The predicted molar refractivity (Wildman–Crippen MR) is 99.6 cm³/mol. The second kappa shape index (κ2) is 7.82. The number of benzene rings is 2. The number of halogens is 2. The number of aromatic nitrogens is 1. The molecular formula is C20H17F2N3O2. The zero-order chi connectivity index (χ0) is 19.4. The van der Waals surface area contributed by atoms with E-state index in [1.807, 2.05) is 25.1 Å². The molecule has 0 unspecified atom stereocenters. The number of pyridine rings is 1. The van der Waals surface area contributed by atoms with Gasteiger partial charge in [0.1, 0.15) is 11.4 Å². The second-order valence-corrected chi connectivity index (χ2v) is 5.84. The van der Waals surface area contributed by atoms with Gasteiger partial charge in [0.15, 0.2) is 11.6 Å². The van der Waals surface area contributed by atoms with E-state index in [0.29, 0.717) is 11.4 Å². The maximum absolute atomic E-state index is 13.2. The summed E-state index contributed by atoms with van der Waals surface area (Å²) in [4.78, 5) is 16.3. The van der Waals surface area contributed by atoms with Crippen molar-refractivity contribution in [3.05, 3.63) is 77.6 Å². The first-order valence-electron chi connectivity index (χ1n) is 8.10. The number of hydrogen-bond acceptors (Lipinski definition) is 4. The van der Waals surface area contributed by atoms with Gasteiger partial charge in [-0.25, -0.2) is 13.8 Å². The largest absolute Gasteiger partial charge is 0.495 e. The van der Waals surface area contributed by atoms with Crippen molar-refractivity contribution in [2.75, 3.05) is 17.7 Å². The normalized spacial score (nSPS) is 10.4. The van der Waals surface area contributed by atoms with Crippen LogP contribution in [0.1, 0.15) is 16.1 Å². The van der Waals surface area contributed by atoms with Crippen molar-refractivity contribution in [1.29, 1.82) is 0 Å². The molecule has 7 heteroatoms. The van der Waals surface area contributed by atoms with Crippen molar-refractivity contribution in [3.8, 4) is 5.75 Å². The maximum atomic E-state index is 13.2. The van der Waals surface area contributed by atoms with Crippen molar-refractivity contribution in [2.45, 2.75) is 6.92 Å². The van der Waals surface area contributed by atoms with Crippen LogP contribution in [0.5, 0.6) is 5.75 Å². The first-order valence-corrected chi connectivity index (χ1v) is 8.10. The molecule has 0 aliphatic heterocycles. The molecule has 1 heterocycles. The van der Waals surface area contributed by atoms with E-state index >= 15 is 0 Å². The van der Waals surface area contributed by atoms with E-state index < -0.39 is 17.5 Å². The molecule has 0 aliphatic rings. The summed E-state index contributed by atoms with van der Waals surface area (Å²) in [6.07, 6.45) is 1.50. The topological polar surface area (TPSA) is 63.2 Å². The molecule has 5 nitrogen and oxygen atoms in total. The van der Waals surface area contributed by atoms with E-state index in [-0.39, 0.29) is 11.4 Å². The Labute approximate surface area is 155 Å². The number of carbonyl (C=O) groups is 1. The highest BCUT2D eigenvalue weighted by molar-refractivity contribution is 6.02. The monoisotopic (exact) mass is 369 g/mol. The predicted octanol–water partition coefficient (Wildman–Crippen LogP) is 4.67. The molecule has 2 N–H and O–H groups in total. The number of rotatable bonds is 5. The van der Waals surface area contributed by atoms with Gasteiger partial charge in [-0.3, -0.25) is 4.79 Å². The molecule has 0 fully saturated rings. The van der Waals surface area contributed by atoms with E-state index in [9.17, 15) is 13.6 Å². The first-order chi connectivity index (χ1) is 13.0. The Hall–Kier alpha value is -3.48. The molecule has 0 bridgehead atoms. The van der Waals surface area contributed by atoms with Crippen LogP contribution in [0.2, 0.25) is 0 Å².